The first-order chi connectivity index (χ1) is 13.6. The molecule has 2 aromatic rings. The van der Waals surface area contributed by atoms with E-state index in [9.17, 15) is 9.59 Å². The molecule has 1 aliphatic rings. The molecule has 1 fully saturated rings. The summed E-state index contributed by atoms with van der Waals surface area (Å²) in [7, 11) is 3.07. The van der Waals surface area contributed by atoms with Gasteiger partial charge in [0.05, 0.1) is 33.0 Å². The quantitative estimate of drug-likeness (QED) is 0.749. The van der Waals surface area contributed by atoms with E-state index in [0.717, 1.165) is 0 Å². The van der Waals surface area contributed by atoms with Crippen LogP contribution in [-0.4, -0.2) is 52.0 Å². The fourth-order valence-electron chi connectivity index (χ4n) is 2.78. The molecule has 0 aliphatic carbocycles. The van der Waals surface area contributed by atoms with Crippen molar-refractivity contribution in [3.63, 3.8) is 0 Å². The molecular weight excluding hydrogens is 364 g/mol. The molecular formula is C20H22N2O6. The van der Waals surface area contributed by atoms with Crippen LogP contribution in [0.3, 0.4) is 0 Å². The van der Waals surface area contributed by atoms with Crippen LogP contribution in [0.2, 0.25) is 0 Å². The van der Waals surface area contributed by atoms with Crippen LogP contribution in [0.4, 0.5) is 10.5 Å². The Kier molecular flexibility index (Phi) is 6.21. The Morgan fingerprint density at radius 3 is 2.61 bits per heavy atom. The zero-order valence-corrected chi connectivity index (χ0v) is 15.7. The van der Waals surface area contributed by atoms with Gasteiger partial charge in [-0.15, -0.1) is 0 Å². The number of hydrogen-bond acceptors (Lipinski definition) is 6. The minimum Gasteiger partial charge on any atom is -0.493 e. The molecule has 0 saturated carbocycles. The van der Waals surface area contributed by atoms with Crippen molar-refractivity contribution in [3.05, 3.63) is 48.5 Å². The SMILES string of the molecule is COc1ccc(N2CC(CNC(=O)COc3ccccc3)OC2=O)cc1OC. The first-order valence-electron chi connectivity index (χ1n) is 8.75. The fraction of sp³-hybridized carbons (Fsp3) is 0.300. The van der Waals surface area contributed by atoms with Crippen molar-refractivity contribution in [1.29, 1.82) is 0 Å². The lowest BCUT2D eigenvalue weighted by atomic mass is 10.2. The van der Waals surface area contributed by atoms with Crippen LogP contribution in [0.5, 0.6) is 17.2 Å². The van der Waals surface area contributed by atoms with Crippen LogP contribution in [0.1, 0.15) is 0 Å². The van der Waals surface area contributed by atoms with Crippen LogP contribution in [0.15, 0.2) is 48.5 Å². The molecule has 0 aromatic heterocycles. The lowest BCUT2D eigenvalue weighted by molar-refractivity contribution is -0.123. The summed E-state index contributed by atoms with van der Waals surface area (Å²) in [5.74, 6) is 1.41. The smallest absolute Gasteiger partial charge is 0.414 e. The maximum atomic E-state index is 12.2. The summed E-state index contributed by atoms with van der Waals surface area (Å²) in [6, 6.07) is 14.2. The number of hydrogen-bond donors (Lipinski definition) is 1. The van der Waals surface area contributed by atoms with Gasteiger partial charge in [0.25, 0.3) is 5.91 Å². The zero-order valence-electron chi connectivity index (χ0n) is 15.7. The molecule has 1 N–H and O–H groups in total. The molecule has 8 heteroatoms. The first kappa shape index (κ1) is 19.3. The van der Waals surface area contributed by atoms with E-state index < -0.39 is 12.2 Å². The second-order valence-corrected chi connectivity index (χ2v) is 6.06. The molecule has 2 amide bonds. The van der Waals surface area contributed by atoms with Crippen molar-refractivity contribution in [2.45, 2.75) is 6.10 Å². The molecule has 1 atom stereocenters. The van der Waals surface area contributed by atoms with Gasteiger partial charge in [0.1, 0.15) is 11.9 Å². The number of carbonyl (C=O) groups is 2. The van der Waals surface area contributed by atoms with Crippen molar-refractivity contribution in [2.24, 2.45) is 0 Å². The highest BCUT2D eigenvalue weighted by Crippen LogP contribution is 2.33. The van der Waals surface area contributed by atoms with E-state index in [2.05, 4.69) is 5.32 Å². The summed E-state index contributed by atoms with van der Waals surface area (Å²) in [6.07, 6.45) is -0.937. The summed E-state index contributed by atoms with van der Waals surface area (Å²) in [6.45, 7) is 0.407. The lowest BCUT2D eigenvalue weighted by Gasteiger charge is -2.15. The predicted molar refractivity (Wildman–Crippen MR) is 102 cm³/mol. The number of para-hydroxylation sites is 1. The van der Waals surface area contributed by atoms with Crippen LogP contribution in [0, 0.1) is 0 Å². The van der Waals surface area contributed by atoms with E-state index in [1.165, 1.54) is 12.0 Å². The topological polar surface area (TPSA) is 86.3 Å². The molecule has 0 bridgehead atoms. The summed E-state index contributed by atoms with van der Waals surface area (Å²) in [5, 5.41) is 2.72. The van der Waals surface area contributed by atoms with Crippen molar-refractivity contribution < 1.29 is 28.5 Å². The highest BCUT2D eigenvalue weighted by molar-refractivity contribution is 5.90. The maximum Gasteiger partial charge on any atom is 0.414 e. The number of nitrogens with one attached hydrogen (secondary N) is 1. The summed E-state index contributed by atoms with van der Waals surface area (Å²) < 4.78 is 21.2. The maximum absolute atomic E-state index is 12.2. The number of rotatable bonds is 8. The number of amides is 2. The van der Waals surface area contributed by atoms with Crippen LogP contribution < -0.4 is 24.4 Å². The number of ether oxygens (including phenoxy) is 4. The molecule has 2 aromatic carbocycles. The number of benzene rings is 2. The van der Waals surface area contributed by atoms with E-state index in [1.807, 2.05) is 18.2 Å². The monoisotopic (exact) mass is 386 g/mol. The molecule has 3 rings (SSSR count). The molecule has 0 spiro atoms. The zero-order chi connectivity index (χ0) is 19.9. The Labute approximate surface area is 162 Å². The molecule has 8 nitrogen and oxygen atoms in total. The Morgan fingerprint density at radius 2 is 1.89 bits per heavy atom. The third kappa shape index (κ3) is 4.64. The Balaban J connectivity index is 1.51. The van der Waals surface area contributed by atoms with Gasteiger partial charge >= 0.3 is 6.09 Å². The number of carbonyl (C=O) groups excluding carboxylic acids is 2. The second kappa shape index (κ2) is 8.98. The Hall–Kier alpha value is -3.42. The third-order valence-electron chi connectivity index (χ3n) is 4.19. The molecule has 1 aliphatic heterocycles. The van der Waals surface area contributed by atoms with E-state index in [0.29, 0.717) is 29.5 Å². The minimum atomic E-state index is -0.480. The van der Waals surface area contributed by atoms with Gasteiger partial charge in [0, 0.05) is 6.07 Å². The van der Waals surface area contributed by atoms with Gasteiger partial charge in [0.2, 0.25) is 0 Å². The summed E-state index contributed by atoms with van der Waals surface area (Å²) >= 11 is 0. The first-order valence-corrected chi connectivity index (χ1v) is 8.75. The molecule has 1 saturated heterocycles. The standard InChI is InChI=1S/C20H22N2O6/c1-25-17-9-8-14(10-18(17)26-2)22-12-16(28-20(22)24)11-21-19(23)13-27-15-6-4-3-5-7-15/h3-10,16H,11-13H2,1-2H3,(H,21,23). The molecule has 0 radical (unpaired) electrons. The fourth-order valence-corrected chi connectivity index (χ4v) is 2.78. The second-order valence-electron chi connectivity index (χ2n) is 6.06. The van der Waals surface area contributed by atoms with Gasteiger partial charge in [-0.2, -0.15) is 0 Å². The average molecular weight is 386 g/mol. The third-order valence-corrected chi connectivity index (χ3v) is 4.19. The highest BCUT2D eigenvalue weighted by atomic mass is 16.6. The van der Waals surface area contributed by atoms with Crippen molar-refractivity contribution in [3.8, 4) is 17.2 Å². The van der Waals surface area contributed by atoms with Gasteiger partial charge in [-0.25, -0.2) is 4.79 Å². The van der Waals surface area contributed by atoms with Crippen LogP contribution in [0.25, 0.3) is 0 Å². The van der Waals surface area contributed by atoms with E-state index >= 15 is 0 Å². The highest BCUT2D eigenvalue weighted by Gasteiger charge is 2.33. The summed E-state index contributed by atoms with van der Waals surface area (Å²) in [4.78, 5) is 25.6. The van der Waals surface area contributed by atoms with Crippen molar-refractivity contribution in [2.75, 3.05) is 38.8 Å². The minimum absolute atomic E-state index is 0.107. The summed E-state index contributed by atoms with van der Waals surface area (Å²) in [5.41, 5.74) is 0.629. The number of methoxy groups -OCH3 is 2. The van der Waals surface area contributed by atoms with E-state index in [-0.39, 0.29) is 19.1 Å². The number of anilines is 1. The van der Waals surface area contributed by atoms with Gasteiger partial charge < -0.3 is 24.3 Å². The van der Waals surface area contributed by atoms with Gasteiger partial charge in [-0.05, 0) is 24.3 Å². The van der Waals surface area contributed by atoms with E-state index in [4.69, 9.17) is 18.9 Å². The normalized spacial score (nSPS) is 15.7. The number of cyclic esters (lactones) is 1. The van der Waals surface area contributed by atoms with Crippen LogP contribution in [-0.2, 0) is 9.53 Å². The molecule has 28 heavy (non-hydrogen) atoms. The van der Waals surface area contributed by atoms with E-state index in [1.54, 1.807) is 37.4 Å². The van der Waals surface area contributed by atoms with Crippen molar-refractivity contribution >= 4 is 17.7 Å². The molecule has 148 valence electrons. The molecule has 1 unspecified atom stereocenters. The predicted octanol–water partition coefficient (Wildman–Crippen LogP) is 2.22. The lowest BCUT2D eigenvalue weighted by Crippen LogP contribution is -2.37. The Bertz CT molecular complexity index is 827. The molecule has 1 heterocycles. The Morgan fingerprint density at radius 1 is 1.14 bits per heavy atom. The largest absolute Gasteiger partial charge is 0.493 e. The van der Waals surface area contributed by atoms with Gasteiger partial charge in [0.15, 0.2) is 18.1 Å². The van der Waals surface area contributed by atoms with Crippen LogP contribution >= 0.6 is 0 Å². The number of nitrogens with zero attached hydrogens (tertiary/aromatic N) is 1. The van der Waals surface area contributed by atoms with Gasteiger partial charge in [-0.1, -0.05) is 18.2 Å². The average Bonchev–Trinajstić information content (AvgIpc) is 3.11. The van der Waals surface area contributed by atoms with Crippen molar-refractivity contribution in [1.82, 2.24) is 5.32 Å². The van der Waals surface area contributed by atoms with Gasteiger partial charge in [-0.3, -0.25) is 9.69 Å².